The molecular weight excluding hydrogens is 318 g/mol. The first kappa shape index (κ1) is 14.7. The molecule has 0 unspecified atom stereocenters. The predicted molar refractivity (Wildman–Crippen MR) is 84.9 cm³/mol. The Balaban J connectivity index is 2.13. The second-order valence-corrected chi connectivity index (χ2v) is 5.36. The molecular formula is C14H18BrN5. The molecule has 0 aliphatic heterocycles. The van der Waals surface area contributed by atoms with Crippen LogP contribution in [0.2, 0.25) is 0 Å². The van der Waals surface area contributed by atoms with Gasteiger partial charge in [0.1, 0.15) is 5.82 Å². The number of rotatable bonds is 6. The highest BCUT2D eigenvalue weighted by Crippen LogP contribution is 2.24. The summed E-state index contributed by atoms with van der Waals surface area (Å²) in [5, 5.41) is 3.20. The molecule has 0 radical (unpaired) electrons. The summed E-state index contributed by atoms with van der Waals surface area (Å²) in [5.74, 6) is 1.53. The van der Waals surface area contributed by atoms with E-state index in [-0.39, 0.29) is 0 Å². The molecule has 0 aliphatic rings. The SMILES string of the molecule is CCCNc1ncc(Br)c(N(C)Cc2ccncc2)n1. The van der Waals surface area contributed by atoms with Crippen LogP contribution in [0.15, 0.2) is 35.2 Å². The third kappa shape index (κ3) is 3.90. The molecule has 2 heterocycles. The molecule has 20 heavy (non-hydrogen) atoms. The van der Waals surface area contributed by atoms with Gasteiger partial charge in [-0.2, -0.15) is 4.98 Å². The molecule has 0 amide bonds. The predicted octanol–water partition coefficient (Wildman–Crippen LogP) is 3.09. The van der Waals surface area contributed by atoms with Crippen LogP contribution < -0.4 is 10.2 Å². The van der Waals surface area contributed by atoms with Gasteiger partial charge in [0.25, 0.3) is 0 Å². The zero-order chi connectivity index (χ0) is 14.4. The Labute approximate surface area is 127 Å². The summed E-state index contributed by atoms with van der Waals surface area (Å²) < 4.78 is 0.885. The Morgan fingerprint density at radius 1 is 1.30 bits per heavy atom. The van der Waals surface area contributed by atoms with Crippen LogP contribution in [0.1, 0.15) is 18.9 Å². The lowest BCUT2D eigenvalue weighted by Crippen LogP contribution is -2.19. The molecule has 0 saturated carbocycles. The van der Waals surface area contributed by atoms with Crippen LogP contribution in [0.4, 0.5) is 11.8 Å². The van der Waals surface area contributed by atoms with Crippen molar-refractivity contribution in [2.45, 2.75) is 19.9 Å². The molecule has 2 aromatic heterocycles. The van der Waals surface area contributed by atoms with E-state index in [9.17, 15) is 0 Å². The quantitative estimate of drug-likeness (QED) is 0.879. The minimum atomic E-state index is 0.659. The van der Waals surface area contributed by atoms with Gasteiger partial charge >= 0.3 is 0 Å². The van der Waals surface area contributed by atoms with Gasteiger partial charge in [0.05, 0.1) is 4.47 Å². The second kappa shape index (κ2) is 7.19. The van der Waals surface area contributed by atoms with Crippen LogP contribution in [0, 0.1) is 0 Å². The summed E-state index contributed by atoms with van der Waals surface area (Å²) >= 11 is 3.51. The van der Waals surface area contributed by atoms with Crippen molar-refractivity contribution in [1.29, 1.82) is 0 Å². The Morgan fingerprint density at radius 2 is 2.05 bits per heavy atom. The number of hydrogen-bond acceptors (Lipinski definition) is 5. The molecule has 0 atom stereocenters. The monoisotopic (exact) mass is 335 g/mol. The maximum Gasteiger partial charge on any atom is 0.224 e. The number of anilines is 2. The van der Waals surface area contributed by atoms with E-state index in [1.165, 1.54) is 5.56 Å². The normalized spacial score (nSPS) is 10.3. The first-order chi connectivity index (χ1) is 9.70. The molecule has 0 aliphatic carbocycles. The van der Waals surface area contributed by atoms with Crippen LogP contribution in [-0.4, -0.2) is 28.5 Å². The Kier molecular flexibility index (Phi) is 5.29. The van der Waals surface area contributed by atoms with Gasteiger partial charge in [0.2, 0.25) is 5.95 Å². The summed E-state index contributed by atoms with van der Waals surface area (Å²) in [4.78, 5) is 14.9. The van der Waals surface area contributed by atoms with Crippen molar-refractivity contribution in [3.05, 3.63) is 40.8 Å². The number of hydrogen-bond donors (Lipinski definition) is 1. The third-order valence-corrected chi connectivity index (χ3v) is 3.35. The Morgan fingerprint density at radius 3 is 2.75 bits per heavy atom. The van der Waals surface area contributed by atoms with Gasteiger partial charge < -0.3 is 10.2 Å². The van der Waals surface area contributed by atoms with Crippen molar-refractivity contribution in [2.24, 2.45) is 0 Å². The van der Waals surface area contributed by atoms with Gasteiger partial charge in [0.15, 0.2) is 0 Å². The van der Waals surface area contributed by atoms with Crippen molar-refractivity contribution in [2.75, 3.05) is 23.8 Å². The average Bonchev–Trinajstić information content (AvgIpc) is 2.47. The van der Waals surface area contributed by atoms with Crippen molar-refractivity contribution >= 4 is 27.7 Å². The van der Waals surface area contributed by atoms with E-state index in [2.05, 4.69) is 48.0 Å². The zero-order valence-electron chi connectivity index (χ0n) is 11.7. The van der Waals surface area contributed by atoms with Crippen molar-refractivity contribution < 1.29 is 0 Å². The number of halogens is 1. The third-order valence-electron chi connectivity index (χ3n) is 2.79. The molecule has 0 spiro atoms. The summed E-state index contributed by atoms with van der Waals surface area (Å²) in [6.45, 7) is 3.75. The lowest BCUT2D eigenvalue weighted by Gasteiger charge is -2.20. The van der Waals surface area contributed by atoms with E-state index in [1.54, 1.807) is 18.6 Å². The summed E-state index contributed by atoms with van der Waals surface area (Å²) in [6.07, 6.45) is 6.42. The standard InChI is InChI=1S/C14H18BrN5/c1-3-6-17-14-18-9-12(15)13(19-14)20(2)10-11-4-7-16-8-5-11/h4-5,7-9H,3,6,10H2,1-2H3,(H,17,18,19). The molecule has 106 valence electrons. The smallest absolute Gasteiger partial charge is 0.224 e. The van der Waals surface area contributed by atoms with Crippen molar-refractivity contribution in [3.8, 4) is 0 Å². The minimum Gasteiger partial charge on any atom is -0.354 e. The van der Waals surface area contributed by atoms with Crippen LogP contribution in [0.25, 0.3) is 0 Å². The topological polar surface area (TPSA) is 53.9 Å². The molecule has 0 fully saturated rings. The lowest BCUT2D eigenvalue weighted by molar-refractivity contribution is 0.877. The number of pyridine rings is 1. The molecule has 0 saturated heterocycles. The van der Waals surface area contributed by atoms with E-state index in [1.807, 2.05) is 19.2 Å². The maximum atomic E-state index is 4.55. The molecule has 1 N–H and O–H groups in total. The fraction of sp³-hybridized carbons (Fsp3) is 0.357. The number of nitrogens with zero attached hydrogens (tertiary/aromatic N) is 4. The summed E-state index contributed by atoms with van der Waals surface area (Å²) in [5.41, 5.74) is 1.19. The van der Waals surface area contributed by atoms with Crippen LogP contribution in [-0.2, 0) is 6.54 Å². The molecule has 2 rings (SSSR count). The minimum absolute atomic E-state index is 0.659. The van der Waals surface area contributed by atoms with Gasteiger partial charge in [-0.25, -0.2) is 4.98 Å². The molecule has 5 nitrogen and oxygen atoms in total. The Bertz CT molecular complexity index is 547. The van der Waals surface area contributed by atoms with Gasteiger partial charge in [-0.05, 0) is 40.0 Å². The van der Waals surface area contributed by atoms with E-state index in [0.717, 1.165) is 29.8 Å². The van der Waals surface area contributed by atoms with Crippen LogP contribution >= 0.6 is 15.9 Å². The first-order valence-corrected chi connectivity index (χ1v) is 7.36. The summed E-state index contributed by atoms with van der Waals surface area (Å²) in [7, 11) is 2.01. The highest BCUT2D eigenvalue weighted by atomic mass is 79.9. The first-order valence-electron chi connectivity index (χ1n) is 6.57. The highest BCUT2D eigenvalue weighted by Gasteiger charge is 2.10. The van der Waals surface area contributed by atoms with E-state index in [4.69, 9.17) is 0 Å². The Hall–Kier alpha value is -1.69. The van der Waals surface area contributed by atoms with Crippen LogP contribution in [0.5, 0.6) is 0 Å². The number of nitrogens with one attached hydrogen (secondary N) is 1. The lowest BCUT2D eigenvalue weighted by atomic mass is 10.2. The van der Waals surface area contributed by atoms with Crippen molar-refractivity contribution in [1.82, 2.24) is 15.0 Å². The molecule has 0 bridgehead atoms. The zero-order valence-corrected chi connectivity index (χ0v) is 13.3. The molecule has 2 aromatic rings. The summed E-state index contributed by atoms with van der Waals surface area (Å²) in [6, 6.07) is 4.00. The van der Waals surface area contributed by atoms with Gasteiger partial charge in [-0.1, -0.05) is 6.92 Å². The van der Waals surface area contributed by atoms with Gasteiger partial charge in [0, 0.05) is 38.7 Å². The van der Waals surface area contributed by atoms with Crippen molar-refractivity contribution in [3.63, 3.8) is 0 Å². The van der Waals surface area contributed by atoms with E-state index < -0.39 is 0 Å². The highest BCUT2D eigenvalue weighted by molar-refractivity contribution is 9.10. The van der Waals surface area contributed by atoms with Gasteiger partial charge in [-0.3, -0.25) is 4.98 Å². The van der Waals surface area contributed by atoms with Gasteiger partial charge in [-0.15, -0.1) is 0 Å². The number of aromatic nitrogens is 3. The van der Waals surface area contributed by atoms with E-state index >= 15 is 0 Å². The van der Waals surface area contributed by atoms with E-state index in [0.29, 0.717) is 5.95 Å². The second-order valence-electron chi connectivity index (χ2n) is 4.50. The molecule has 0 aromatic carbocycles. The van der Waals surface area contributed by atoms with Crippen LogP contribution in [0.3, 0.4) is 0 Å². The fourth-order valence-electron chi connectivity index (χ4n) is 1.78. The largest absolute Gasteiger partial charge is 0.354 e. The fourth-order valence-corrected chi connectivity index (χ4v) is 2.28. The molecule has 6 heteroatoms. The average molecular weight is 336 g/mol. The maximum absolute atomic E-state index is 4.55.